The summed E-state index contributed by atoms with van der Waals surface area (Å²) >= 11 is 0. The van der Waals surface area contributed by atoms with Gasteiger partial charge >= 0.3 is 5.97 Å². The van der Waals surface area contributed by atoms with Gasteiger partial charge in [0.15, 0.2) is 0 Å². The second-order valence-electron chi connectivity index (χ2n) is 18.6. The van der Waals surface area contributed by atoms with Crippen LogP contribution in [0.1, 0.15) is 284 Å². The van der Waals surface area contributed by atoms with Crippen LogP contribution in [0.25, 0.3) is 0 Å². The second kappa shape index (κ2) is 51.7. The van der Waals surface area contributed by atoms with Crippen molar-refractivity contribution >= 4 is 11.9 Å². The van der Waals surface area contributed by atoms with E-state index in [1.165, 1.54) is 180 Å². The molecule has 0 heterocycles. The van der Waals surface area contributed by atoms with E-state index in [2.05, 4.69) is 55.6 Å². The van der Waals surface area contributed by atoms with Crippen molar-refractivity contribution in [2.24, 2.45) is 0 Å². The van der Waals surface area contributed by atoms with Crippen molar-refractivity contribution in [3.63, 3.8) is 0 Å². The van der Waals surface area contributed by atoms with Gasteiger partial charge in [-0.15, -0.1) is 0 Å². The van der Waals surface area contributed by atoms with Crippen molar-refractivity contribution in [3.8, 4) is 0 Å². The summed E-state index contributed by atoms with van der Waals surface area (Å²) in [4.78, 5) is 24.5. The molecule has 0 spiro atoms. The summed E-state index contributed by atoms with van der Waals surface area (Å²) in [6.07, 6.45) is 62.6. The van der Waals surface area contributed by atoms with E-state index < -0.39 is 12.1 Å². The smallest absolute Gasteiger partial charge is 0.305 e. The van der Waals surface area contributed by atoms with Crippen LogP contribution in [0.2, 0.25) is 0 Å². The van der Waals surface area contributed by atoms with E-state index in [-0.39, 0.29) is 18.5 Å². The van der Waals surface area contributed by atoms with E-state index in [0.29, 0.717) is 25.9 Å². The molecule has 364 valence electrons. The number of carbonyl (C=O) groups is 2. The van der Waals surface area contributed by atoms with Crippen molar-refractivity contribution < 1.29 is 24.5 Å². The second-order valence-corrected chi connectivity index (χ2v) is 18.6. The first-order valence-electron chi connectivity index (χ1n) is 27.2. The zero-order valence-corrected chi connectivity index (χ0v) is 41.4. The predicted octanol–water partition coefficient (Wildman–Crippen LogP) is 16.5. The van der Waals surface area contributed by atoms with Gasteiger partial charge in [0.2, 0.25) is 5.91 Å². The minimum absolute atomic E-state index is 0.0177. The summed E-state index contributed by atoms with van der Waals surface area (Å²) in [6.45, 7) is 4.88. The zero-order valence-electron chi connectivity index (χ0n) is 41.4. The normalized spacial score (nSPS) is 12.9. The average molecular weight is 872 g/mol. The van der Waals surface area contributed by atoms with Crippen molar-refractivity contribution in [1.29, 1.82) is 0 Å². The van der Waals surface area contributed by atoms with Crippen LogP contribution in [0.3, 0.4) is 0 Å². The number of aliphatic hydroxyl groups is 2. The molecule has 6 nitrogen and oxygen atoms in total. The monoisotopic (exact) mass is 872 g/mol. The summed E-state index contributed by atoms with van der Waals surface area (Å²) in [7, 11) is 0. The molecular formula is C56H105NO5. The molecule has 0 aromatic heterocycles. The quantitative estimate of drug-likeness (QED) is 0.0321. The highest BCUT2D eigenvalue weighted by molar-refractivity contribution is 5.76. The molecule has 62 heavy (non-hydrogen) atoms. The molecule has 0 aromatic carbocycles. The fraction of sp³-hybridized carbons (Fsp3) is 0.857. The Morgan fingerprint density at radius 1 is 0.452 bits per heavy atom. The lowest BCUT2D eigenvalue weighted by atomic mass is 10.0. The third-order valence-corrected chi connectivity index (χ3v) is 12.4. The molecule has 3 N–H and O–H groups in total. The topological polar surface area (TPSA) is 95.9 Å². The highest BCUT2D eigenvalue weighted by Crippen LogP contribution is 2.16. The van der Waals surface area contributed by atoms with E-state index in [4.69, 9.17) is 4.74 Å². The molecule has 0 aliphatic heterocycles. The number of esters is 1. The summed E-state index contributed by atoms with van der Waals surface area (Å²) in [5.74, 6) is -0.0701. The van der Waals surface area contributed by atoms with Crippen LogP contribution in [0, 0.1) is 0 Å². The van der Waals surface area contributed by atoms with Crippen LogP contribution in [0.5, 0.6) is 0 Å². The molecule has 0 aromatic rings. The molecular weight excluding hydrogens is 767 g/mol. The molecule has 0 fully saturated rings. The maximum atomic E-state index is 12.5. The van der Waals surface area contributed by atoms with E-state index >= 15 is 0 Å². The number of aliphatic hydroxyl groups excluding tert-OH is 2. The van der Waals surface area contributed by atoms with Crippen molar-refractivity contribution in [2.45, 2.75) is 296 Å². The number of hydrogen-bond acceptors (Lipinski definition) is 5. The molecule has 0 aliphatic rings. The third kappa shape index (κ3) is 47.6. The fourth-order valence-electron chi connectivity index (χ4n) is 8.18. The van der Waals surface area contributed by atoms with Crippen LogP contribution < -0.4 is 5.32 Å². The molecule has 2 atom stereocenters. The summed E-state index contributed by atoms with van der Waals surface area (Å²) in [5.41, 5.74) is 0. The Bertz CT molecular complexity index is 1010. The van der Waals surface area contributed by atoms with Gasteiger partial charge in [-0.05, 0) is 77.0 Å². The Labute approximate surface area is 385 Å². The number of allylic oxidation sites excluding steroid dienone is 6. The highest BCUT2D eigenvalue weighted by Gasteiger charge is 2.20. The zero-order chi connectivity index (χ0) is 45.1. The Morgan fingerprint density at radius 2 is 0.823 bits per heavy atom. The molecule has 2 unspecified atom stereocenters. The largest absolute Gasteiger partial charge is 0.466 e. The Morgan fingerprint density at radius 3 is 1.29 bits per heavy atom. The summed E-state index contributed by atoms with van der Waals surface area (Å²) < 4.78 is 5.45. The number of carbonyl (C=O) groups excluding carboxylic acids is 2. The van der Waals surface area contributed by atoms with Gasteiger partial charge in [0, 0.05) is 12.8 Å². The van der Waals surface area contributed by atoms with Gasteiger partial charge in [-0.1, -0.05) is 230 Å². The van der Waals surface area contributed by atoms with Gasteiger partial charge in [0.25, 0.3) is 0 Å². The van der Waals surface area contributed by atoms with Gasteiger partial charge < -0.3 is 20.3 Å². The lowest BCUT2D eigenvalue weighted by Crippen LogP contribution is -2.45. The lowest BCUT2D eigenvalue weighted by molar-refractivity contribution is -0.143. The Balaban J connectivity index is 3.48. The van der Waals surface area contributed by atoms with Crippen LogP contribution >= 0.6 is 0 Å². The van der Waals surface area contributed by atoms with Crippen LogP contribution in [0.4, 0.5) is 0 Å². The number of amides is 1. The maximum Gasteiger partial charge on any atom is 0.305 e. The summed E-state index contributed by atoms with van der Waals surface area (Å²) in [6, 6.07) is -0.554. The van der Waals surface area contributed by atoms with Gasteiger partial charge in [-0.2, -0.15) is 0 Å². The van der Waals surface area contributed by atoms with E-state index in [0.717, 1.165) is 70.6 Å². The number of ether oxygens (including phenoxy) is 1. The fourth-order valence-corrected chi connectivity index (χ4v) is 8.18. The molecule has 0 bridgehead atoms. The maximum absolute atomic E-state index is 12.5. The number of hydrogen-bond donors (Lipinski definition) is 3. The van der Waals surface area contributed by atoms with Crippen LogP contribution in [-0.2, 0) is 14.3 Å². The average Bonchev–Trinajstić information content (AvgIpc) is 3.27. The first kappa shape index (κ1) is 60.1. The molecule has 0 saturated heterocycles. The highest BCUT2D eigenvalue weighted by atomic mass is 16.5. The van der Waals surface area contributed by atoms with E-state index in [1.807, 2.05) is 0 Å². The lowest BCUT2D eigenvalue weighted by Gasteiger charge is -2.22. The van der Waals surface area contributed by atoms with Gasteiger partial charge in [0.1, 0.15) is 0 Å². The molecule has 0 radical (unpaired) electrons. The van der Waals surface area contributed by atoms with Crippen molar-refractivity contribution in [1.82, 2.24) is 5.32 Å². The minimum atomic E-state index is -0.675. The first-order valence-corrected chi connectivity index (χ1v) is 27.2. The van der Waals surface area contributed by atoms with Gasteiger partial charge in [-0.3, -0.25) is 9.59 Å². The Kier molecular flexibility index (Phi) is 50.1. The SMILES string of the molecule is CCCC/C=C\C/C=C\CCCCCCCC(=O)OCCCCCCCCC/C=C\CCCCCCCC(=O)NC(CO)C(O)CCCCCCCCCCCCCCCCC. The van der Waals surface area contributed by atoms with Crippen molar-refractivity contribution in [2.75, 3.05) is 13.2 Å². The van der Waals surface area contributed by atoms with E-state index in [1.54, 1.807) is 0 Å². The number of rotatable bonds is 50. The predicted molar refractivity (Wildman–Crippen MR) is 269 cm³/mol. The van der Waals surface area contributed by atoms with Crippen LogP contribution in [-0.4, -0.2) is 47.4 Å². The summed E-state index contributed by atoms with van der Waals surface area (Å²) in [5, 5.41) is 23.2. The third-order valence-electron chi connectivity index (χ3n) is 12.4. The van der Waals surface area contributed by atoms with Gasteiger partial charge in [-0.25, -0.2) is 0 Å². The Hall–Kier alpha value is -1.92. The number of nitrogens with one attached hydrogen (secondary N) is 1. The molecule has 1 amide bonds. The number of unbranched alkanes of at least 4 members (excludes halogenated alkanes) is 33. The standard InChI is InChI=1S/C56H105NO5/c1-3-5-7-9-11-13-15-17-21-24-28-32-36-40-44-48-54(59)53(52-58)57-55(60)49-45-41-37-33-29-25-22-19-20-23-27-31-35-39-43-47-51-62-56(61)50-46-42-38-34-30-26-18-16-14-12-10-8-6-4-2/h10,12,16,18-19,22,53-54,58-59H,3-9,11,13-15,17,20-21,23-52H2,1-2H3,(H,57,60)/b12-10-,18-16-,22-19-. The minimum Gasteiger partial charge on any atom is -0.466 e. The van der Waals surface area contributed by atoms with Crippen molar-refractivity contribution in [3.05, 3.63) is 36.5 Å². The first-order chi connectivity index (χ1) is 30.5. The molecule has 0 saturated carbocycles. The molecule has 0 aliphatic carbocycles. The molecule has 0 rings (SSSR count). The molecule has 6 heteroatoms. The van der Waals surface area contributed by atoms with Crippen LogP contribution in [0.15, 0.2) is 36.5 Å². The van der Waals surface area contributed by atoms with Gasteiger partial charge in [0.05, 0.1) is 25.4 Å². The van der Waals surface area contributed by atoms with E-state index in [9.17, 15) is 19.8 Å².